The molecule has 0 atom stereocenters. The third kappa shape index (κ3) is 3.54. The fourth-order valence-corrected chi connectivity index (χ4v) is 5.66. The SMILES string of the molecule is Brc1ccc2cc(-c3cccc(-c4ccc5c6ccccc6n(-c6ccccc6)c5c4)c3)ccc2c1. The number of rotatable bonds is 3. The van der Waals surface area contributed by atoms with Crippen LogP contribution in [0.1, 0.15) is 0 Å². The highest BCUT2D eigenvalue weighted by Crippen LogP contribution is 2.36. The molecule has 0 unspecified atom stereocenters. The summed E-state index contributed by atoms with van der Waals surface area (Å²) in [6.07, 6.45) is 0. The van der Waals surface area contributed by atoms with E-state index in [9.17, 15) is 0 Å². The summed E-state index contributed by atoms with van der Waals surface area (Å²) in [6.45, 7) is 0. The van der Waals surface area contributed by atoms with Crippen molar-refractivity contribution in [3.63, 3.8) is 0 Å². The van der Waals surface area contributed by atoms with Gasteiger partial charge in [0.2, 0.25) is 0 Å². The lowest BCUT2D eigenvalue weighted by Gasteiger charge is -2.10. The van der Waals surface area contributed by atoms with Crippen LogP contribution in [-0.4, -0.2) is 4.57 Å². The van der Waals surface area contributed by atoms with E-state index < -0.39 is 0 Å². The summed E-state index contributed by atoms with van der Waals surface area (Å²) in [5.41, 5.74) is 8.52. The first-order valence-corrected chi connectivity index (χ1v) is 12.9. The van der Waals surface area contributed by atoms with Crippen LogP contribution in [0.25, 0.3) is 60.5 Å². The molecule has 170 valence electrons. The van der Waals surface area contributed by atoms with Gasteiger partial charge in [0.05, 0.1) is 11.0 Å². The molecular formula is C34H22BrN. The molecule has 7 rings (SSSR count). The first-order chi connectivity index (χ1) is 17.7. The Bertz CT molecular complexity index is 1900. The van der Waals surface area contributed by atoms with Crippen molar-refractivity contribution in [1.82, 2.24) is 4.57 Å². The lowest BCUT2D eigenvalue weighted by atomic mass is 9.97. The van der Waals surface area contributed by atoms with Crippen LogP contribution in [0.3, 0.4) is 0 Å². The third-order valence-corrected chi connectivity index (χ3v) is 7.51. The van der Waals surface area contributed by atoms with Gasteiger partial charge < -0.3 is 4.57 Å². The van der Waals surface area contributed by atoms with E-state index in [0.29, 0.717) is 0 Å². The number of fused-ring (bicyclic) bond motifs is 4. The molecule has 0 bridgehead atoms. The van der Waals surface area contributed by atoms with Crippen molar-refractivity contribution in [3.05, 3.63) is 138 Å². The summed E-state index contributed by atoms with van der Waals surface area (Å²) in [4.78, 5) is 0. The van der Waals surface area contributed by atoms with E-state index in [0.717, 1.165) is 4.47 Å². The Morgan fingerprint density at radius 1 is 0.417 bits per heavy atom. The number of hydrogen-bond acceptors (Lipinski definition) is 0. The maximum Gasteiger partial charge on any atom is 0.0547 e. The van der Waals surface area contributed by atoms with Crippen molar-refractivity contribution < 1.29 is 0 Å². The molecule has 36 heavy (non-hydrogen) atoms. The normalized spacial score (nSPS) is 11.5. The van der Waals surface area contributed by atoms with Crippen LogP contribution in [0, 0.1) is 0 Å². The molecule has 0 radical (unpaired) electrons. The highest BCUT2D eigenvalue weighted by atomic mass is 79.9. The van der Waals surface area contributed by atoms with Gasteiger partial charge in [-0.15, -0.1) is 0 Å². The average molecular weight is 524 g/mol. The van der Waals surface area contributed by atoms with Crippen LogP contribution in [0.15, 0.2) is 138 Å². The number of nitrogens with zero attached hydrogens (tertiary/aromatic N) is 1. The monoisotopic (exact) mass is 523 g/mol. The minimum absolute atomic E-state index is 1.10. The number of para-hydroxylation sites is 2. The van der Waals surface area contributed by atoms with Crippen LogP contribution in [-0.2, 0) is 0 Å². The lowest BCUT2D eigenvalue weighted by Crippen LogP contribution is -1.93. The van der Waals surface area contributed by atoms with Crippen LogP contribution in [0.2, 0.25) is 0 Å². The Morgan fingerprint density at radius 2 is 1.06 bits per heavy atom. The van der Waals surface area contributed by atoms with Crippen LogP contribution >= 0.6 is 15.9 Å². The highest BCUT2D eigenvalue weighted by Gasteiger charge is 2.13. The van der Waals surface area contributed by atoms with Gasteiger partial charge in [-0.05, 0) is 81.6 Å². The third-order valence-electron chi connectivity index (χ3n) is 7.02. The summed E-state index contributed by atoms with van der Waals surface area (Å²) < 4.78 is 3.48. The van der Waals surface area contributed by atoms with Crippen molar-refractivity contribution in [2.75, 3.05) is 0 Å². The lowest BCUT2D eigenvalue weighted by molar-refractivity contribution is 1.18. The predicted molar refractivity (Wildman–Crippen MR) is 157 cm³/mol. The van der Waals surface area contributed by atoms with E-state index in [2.05, 4.69) is 154 Å². The van der Waals surface area contributed by atoms with Crippen molar-refractivity contribution in [2.45, 2.75) is 0 Å². The summed E-state index contributed by atoms with van der Waals surface area (Å²) >= 11 is 3.58. The smallest absolute Gasteiger partial charge is 0.0547 e. The van der Waals surface area contributed by atoms with Gasteiger partial charge in [-0.2, -0.15) is 0 Å². The maximum absolute atomic E-state index is 3.58. The second kappa shape index (κ2) is 8.51. The summed E-state index contributed by atoms with van der Waals surface area (Å²) in [7, 11) is 0. The Hall–Kier alpha value is -4.14. The minimum atomic E-state index is 1.10. The van der Waals surface area contributed by atoms with Gasteiger partial charge in [-0.25, -0.2) is 0 Å². The Labute approximate surface area is 218 Å². The molecule has 2 heteroatoms. The largest absolute Gasteiger partial charge is 0.309 e. The molecular weight excluding hydrogens is 502 g/mol. The average Bonchev–Trinajstić information content (AvgIpc) is 3.27. The molecule has 0 aliphatic rings. The van der Waals surface area contributed by atoms with E-state index in [-0.39, 0.29) is 0 Å². The molecule has 0 saturated heterocycles. The molecule has 0 fully saturated rings. The maximum atomic E-state index is 3.58. The molecule has 0 aliphatic heterocycles. The summed E-state index contributed by atoms with van der Waals surface area (Å²) in [6, 6.07) is 48.1. The molecule has 1 nitrogen and oxygen atoms in total. The number of halogens is 1. The van der Waals surface area contributed by atoms with Gasteiger partial charge in [0, 0.05) is 20.9 Å². The Kier molecular flexibility index (Phi) is 5.00. The predicted octanol–water partition coefficient (Wildman–Crippen LogP) is 10.0. The zero-order chi connectivity index (χ0) is 24.1. The first-order valence-electron chi connectivity index (χ1n) is 12.1. The van der Waals surface area contributed by atoms with Gasteiger partial charge in [-0.3, -0.25) is 0 Å². The second-order valence-electron chi connectivity index (χ2n) is 9.21. The van der Waals surface area contributed by atoms with E-state index in [1.165, 1.54) is 60.5 Å². The van der Waals surface area contributed by atoms with E-state index >= 15 is 0 Å². The van der Waals surface area contributed by atoms with Gasteiger partial charge in [-0.1, -0.05) is 101 Å². The van der Waals surface area contributed by atoms with Crippen molar-refractivity contribution in [1.29, 1.82) is 0 Å². The van der Waals surface area contributed by atoms with E-state index in [1.54, 1.807) is 0 Å². The van der Waals surface area contributed by atoms with Gasteiger partial charge in [0.1, 0.15) is 0 Å². The van der Waals surface area contributed by atoms with Crippen LogP contribution in [0.4, 0.5) is 0 Å². The van der Waals surface area contributed by atoms with Crippen molar-refractivity contribution in [2.24, 2.45) is 0 Å². The quantitative estimate of drug-likeness (QED) is 0.217. The number of aromatic nitrogens is 1. The molecule has 0 N–H and O–H groups in total. The zero-order valence-electron chi connectivity index (χ0n) is 19.5. The van der Waals surface area contributed by atoms with Gasteiger partial charge in [0.15, 0.2) is 0 Å². The van der Waals surface area contributed by atoms with Gasteiger partial charge >= 0.3 is 0 Å². The fourth-order valence-electron chi connectivity index (χ4n) is 5.28. The molecule has 0 spiro atoms. The standard InChI is InChI=1S/C34H22BrN/c35-29-17-15-26-20-25(13-14-27(26)21-29)23-7-6-8-24(19-23)28-16-18-32-31-11-4-5-12-33(31)36(34(32)22-28)30-9-2-1-3-10-30/h1-22H. The Morgan fingerprint density at radius 3 is 1.92 bits per heavy atom. The fraction of sp³-hybridized carbons (Fsp3) is 0. The number of benzene rings is 6. The molecule has 1 heterocycles. The molecule has 1 aromatic heterocycles. The van der Waals surface area contributed by atoms with Crippen LogP contribution < -0.4 is 0 Å². The molecule has 0 saturated carbocycles. The molecule has 0 amide bonds. The summed E-state index contributed by atoms with van der Waals surface area (Å²) in [5, 5.41) is 5.04. The van der Waals surface area contributed by atoms with Crippen molar-refractivity contribution >= 4 is 48.5 Å². The van der Waals surface area contributed by atoms with Crippen molar-refractivity contribution in [3.8, 4) is 27.9 Å². The number of hydrogen-bond donors (Lipinski definition) is 0. The second-order valence-corrected chi connectivity index (χ2v) is 10.1. The van der Waals surface area contributed by atoms with E-state index in [4.69, 9.17) is 0 Å². The Balaban J connectivity index is 1.39. The molecule has 0 aliphatic carbocycles. The topological polar surface area (TPSA) is 4.93 Å². The molecule has 7 aromatic rings. The van der Waals surface area contributed by atoms with E-state index in [1.807, 2.05) is 0 Å². The highest BCUT2D eigenvalue weighted by molar-refractivity contribution is 9.10. The van der Waals surface area contributed by atoms with Gasteiger partial charge in [0.25, 0.3) is 0 Å². The van der Waals surface area contributed by atoms with Crippen LogP contribution in [0.5, 0.6) is 0 Å². The minimum Gasteiger partial charge on any atom is -0.309 e. The molecule has 6 aromatic carbocycles. The zero-order valence-corrected chi connectivity index (χ0v) is 21.1. The summed E-state index contributed by atoms with van der Waals surface area (Å²) in [5.74, 6) is 0. The first kappa shape index (κ1) is 21.2.